The van der Waals surface area contributed by atoms with Crippen LogP contribution >= 0.6 is 0 Å². The molecule has 1 aliphatic heterocycles. The Balaban J connectivity index is 1.52. The topological polar surface area (TPSA) is 97.4 Å². The molecular formula is C19H23N3O4S. The summed E-state index contributed by atoms with van der Waals surface area (Å²) in [4.78, 5) is 16.6. The van der Waals surface area contributed by atoms with Crippen molar-refractivity contribution in [1.82, 2.24) is 10.3 Å². The van der Waals surface area contributed by atoms with Gasteiger partial charge in [-0.05, 0) is 42.7 Å². The van der Waals surface area contributed by atoms with Gasteiger partial charge in [-0.15, -0.1) is 0 Å². The molecule has 0 spiro atoms. The van der Waals surface area contributed by atoms with E-state index in [9.17, 15) is 13.2 Å². The Labute approximate surface area is 159 Å². The number of sulfone groups is 1. The zero-order valence-corrected chi connectivity index (χ0v) is 16.0. The Morgan fingerprint density at radius 3 is 2.70 bits per heavy atom. The van der Waals surface area contributed by atoms with Gasteiger partial charge < -0.3 is 15.4 Å². The highest BCUT2D eigenvalue weighted by Gasteiger charge is 2.29. The molecule has 1 aliphatic rings. The number of nitrogens with one attached hydrogen (secondary N) is 2. The van der Waals surface area contributed by atoms with E-state index in [2.05, 4.69) is 15.6 Å². The summed E-state index contributed by atoms with van der Waals surface area (Å²) in [5.41, 5.74) is 1.63. The van der Waals surface area contributed by atoms with Crippen LogP contribution in [0.25, 0.3) is 0 Å². The van der Waals surface area contributed by atoms with Gasteiger partial charge in [-0.3, -0.25) is 4.79 Å². The third-order valence-corrected chi connectivity index (χ3v) is 6.24. The number of carbonyl (C=O) groups excluding carboxylic acids is 1. The summed E-state index contributed by atoms with van der Waals surface area (Å²) in [6, 6.07) is 10.8. The average molecular weight is 389 g/mol. The van der Waals surface area contributed by atoms with Crippen molar-refractivity contribution in [1.29, 1.82) is 0 Å². The van der Waals surface area contributed by atoms with Crippen LogP contribution in [0.5, 0.6) is 5.75 Å². The number of hydrogen-bond acceptors (Lipinski definition) is 6. The lowest BCUT2D eigenvalue weighted by Crippen LogP contribution is -2.35. The SMILES string of the molecule is COc1ccc(CCNc2cc(C(=O)NC3CCS(=O)(=O)C3)ccn2)cc1. The number of anilines is 1. The molecule has 1 amide bonds. The molecule has 2 N–H and O–H groups in total. The van der Waals surface area contributed by atoms with Gasteiger partial charge in [-0.2, -0.15) is 0 Å². The molecule has 1 atom stereocenters. The fraction of sp³-hybridized carbons (Fsp3) is 0.368. The Morgan fingerprint density at radius 2 is 2.04 bits per heavy atom. The molecule has 3 rings (SSSR count). The lowest BCUT2D eigenvalue weighted by atomic mass is 10.1. The Hall–Kier alpha value is -2.61. The first-order valence-electron chi connectivity index (χ1n) is 8.79. The van der Waals surface area contributed by atoms with Gasteiger partial charge >= 0.3 is 0 Å². The number of pyridine rings is 1. The Morgan fingerprint density at radius 1 is 1.26 bits per heavy atom. The van der Waals surface area contributed by atoms with E-state index < -0.39 is 9.84 Å². The molecule has 2 heterocycles. The fourth-order valence-electron chi connectivity index (χ4n) is 2.97. The van der Waals surface area contributed by atoms with Gasteiger partial charge in [0.05, 0.1) is 18.6 Å². The highest BCUT2D eigenvalue weighted by molar-refractivity contribution is 7.91. The first-order valence-corrected chi connectivity index (χ1v) is 10.6. The highest BCUT2D eigenvalue weighted by Crippen LogP contribution is 2.14. The van der Waals surface area contributed by atoms with Crippen molar-refractivity contribution in [3.63, 3.8) is 0 Å². The first kappa shape index (κ1) is 19.2. The van der Waals surface area contributed by atoms with E-state index in [1.807, 2.05) is 24.3 Å². The van der Waals surface area contributed by atoms with Crippen LogP contribution in [0.2, 0.25) is 0 Å². The predicted octanol–water partition coefficient (Wildman–Crippen LogP) is 1.66. The fourth-order valence-corrected chi connectivity index (χ4v) is 4.65. The summed E-state index contributed by atoms with van der Waals surface area (Å²) in [6.07, 6.45) is 2.84. The number of carbonyl (C=O) groups is 1. The van der Waals surface area contributed by atoms with Gasteiger partial charge in [0, 0.05) is 24.3 Å². The van der Waals surface area contributed by atoms with Crippen LogP contribution < -0.4 is 15.4 Å². The maximum absolute atomic E-state index is 12.3. The van der Waals surface area contributed by atoms with Crippen molar-refractivity contribution in [2.75, 3.05) is 30.5 Å². The number of nitrogens with zero attached hydrogens (tertiary/aromatic N) is 1. The zero-order valence-electron chi connectivity index (χ0n) is 15.1. The monoisotopic (exact) mass is 389 g/mol. The number of amides is 1. The van der Waals surface area contributed by atoms with E-state index in [0.717, 1.165) is 12.2 Å². The third-order valence-electron chi connectivity index (χ3n) is 4.47. The van der Waals surface area contributed by atoms with Crippen molar-refractivity contribution in [3.8, 4) is 5.75 Å². The molecule has 1 aromatic heterocycles. The second-order valence-corrected chi connectivity index (χ2v) is 8.76. The molecule has 0 bridgehead atoms. The number of methoxy groups -OCH3 is 1. The summed E-state index contributed by atoms with van der Waals surface area (Å²) in [5.74, 6) is 1.29. The molecule has 0 aliphatic carbocycles. The molecule has 0 saturated carbocycles. The molecule has 8 heteroatoms. The van der Waals surface area contributed by atoms with Crippen LogP contribution in [0.1, 0.15) is 22.3 Å². The molecule has 27 heavy (non-hydrogen) atoms. The van der Waals surface area contributed by atoms with E-state index >= 15 is 0 Å². The Bertz CT molecular complexity index is 897. The van der Waals surface area contributed by atoms with Gasteiger partial charge in [0.25, 0.3) is 5.91 Å². The lowest BCUT2D eigenvalue weighted by Gasteiger charge is -2.12. The third kappa shape index (κ3) is 5.43. The molecule has 1 unspecified atom stereocenters. The molecule has 7 nitrogen and oxygen atoms in total. The number of rotatable bonds is 7. The van der Waals surface area contributed by atoms with Gasteiger partial charge in [0.15, 0.2) is 9.84 Å². The molecule has 1 saturated heterocycles. The molecule has 1 fully saturated rings. The molecule has 1 aromatic carbocycles. The summed E-state index contributed by atoms with van der Waals surface area (Å²) >= 11 is 0. The van der Waals surface area contributed by atoms with Gasteiger partial charge in [0.1, 0.15) is 11.6 Å². The van der Waals surface area contributed by atoms with E-state index in [1.54, 1.807) is 25.4 Å². The second-order valence-electron chi connectivity index (χ2n) is 6.53. The minimum Gasteiger partial charge on any atom is -0.497 e. The zero-order chi connectivity index (χ0) is 19.3. The minimum atomic E-state index is -3.02. The van der Waals surface area contributed by atoms with Gasteiger partial charge in [-0.25, -0.2) is 13.4 Å². The quantitative estimate of drug-likeness (QED) is 0.748. The van der Waals surface area contributed by atoms with Gasteiger partial charge in [-0.1, -0.05) is 12.1 Å². The van der Waals surface area contributed by atoms with Crippen molar-refractivity contribution in [2.24, 2.45) is 0 Å². The predicted molar refractivity (Wildman–Crippen MR) is 104 cm³/mol. The van der Waals surface area contributed by atoms with E-state index in [4.69, 9.17) is 4.74 Å². The molecule has 2 aromatic rings. The van der Waals surface area contributed by atoms with Crippen LogP contribution in [-0.4, -0.2) is 50.5 Å². The highest BCUT2D eigenvalue weighted by atomic mass is 32.2. The van der Waals surface area contributed by atoms with Crippen LogP contribution in [0.15, 0.2) is 42.6 Å². The number of hydrogen-bond donors (Lipinski definition) is 2. The van der Waals surface area contributed by atoms with Crippen LogP contribution in [0.3, 0.4) is 0 Å². The van der Waals surface area contributed by atoms with Crippen molar-refractivity contribution in [3.05, 3.63) is 53.7 Å². The second kappa shape index (κ2) is 8.39. The molecule has 144 valence electrons. The maximum atomic E-state index is 12.3. The summed E-state index contributed by atoms with van der Waals surface area (Å²) in [6.45, 7) is 0.672. The van der Waals surface area contributed by atoms with Crippen molar-refractivity contribution < 1.29 is 17.9 Å². The van der Waals surface area contributed by atoms with Crippen LogP contribution in [0, 0.1) is 0 Å². The van der Waals surface area contributed by atoms with E-state index in [1.165, 1.54) is 5.56 Å². The average Bonchev–Trinajstić information content (AvgIpc) is 3.01. The first-order chi connectivity index (χ1) is 12.9. The lowest BCUT2D eigenvalue weighted by molar-refractivity contribution is 0.0941. The summed E-state index contributed by atoms with van der Waals surface area (Å²) in [5, 5.41) is 5.99. The van der Waals surface area contributed by atoms with Gasteiger partial charge in [0.2, 0.25) is 0 Å². The molecule has 0 radical (unpaired) electrons. The minimum absolute atomic E-state index is 0.0107. The van der Waals surface area contributed by atoms with Crippen LogP contribution in [-0.2, 0) is 16.3 Å². The van der Waals surface area contributed by atoms with E-state index in [-0.39, 0.29) is 23.5 Å². The van der Waals surface area contributed by atoms with Crippen LogP contribution in [0.4, 0.5) is 5.82 Å². The van der Waals surface area contributed by atoms with E-state index in [0.29, 0.717) is 24.3 Å². The number of aromatic nitrogens is 1. The maximum Gasteiger partial charge on any atom is 0.251 e. The Kier molecular flexibility index (Phi) is 5.95. The smallest absolute Gasteiger partial charge is 0.251 e. The standard InChI is InChI=1S/C19H23N3O4S/c1-26-17-4-2-14(3-5-17)6-9-20-18-12-15(7-10-21-18)19(23)22-16-8-11-27(24,25)13-16/h2-5,7,10,12,16H,6,8-9,11,13H2,1H3,(H,20,21)(H,22,23). The summed E-state index contributed by atoms with van der Waals surface area (Å²) in [7, 11) is -1.39. The normalized spacial score (nSPS) is 18.0. The largest absolute Gasteiger partial charge is 0.497 e. The number of ether oxygens (including phenoxy) is 1. The van der Waals surface area contributed by atoms with Crippen molar-refractivity contribution in [2.45, 2.75) is 18.9 Å². The number of benzene rings is 1. The summed E-state index contributed by atoms with van der Waals surface area (Å²) < 4.78 is 28.2. The molecular weight excluding hydrogens is 366 g/mol. The van der Waals surface area contributed by atoms with Crippen molar-refractivity contribution >= 4 is 21.6 Å².